The summed E-state index contributed by atoms with van der Waals surface area (Å²) in [5.41, 5.74) is 2.97. The van der Waals surface area contributed by atoms with Gasteiger partial charge in [0.25, 0.3) is 5.91 Å². The van der Waals surface area contributed by atoms with Gasteiger partial charge < -0.3 is 24.8 Å². The molecule has 2 aromatic heterocycles. The molecule has 2 N–H and O–H groups in total. The van der Waals surface area contributed by atoms with Gasteiger partial charge in [-0.3, -0.25) is 4.79 Å². The van der Waals surface area contributed by atoms with Crippen LogP contribution in [0.2, 0.25) is 0 Å². The van der Waals surface area contributed by atoms with Crippen molar-refractivity contribution in [3.63, 3.8) is 0 Å². The van der Waals surface area contributed by atoms with Gasteiger partial charge in [0, 0.05) is 40.5 Å². The van der Waals surface area contributed by atoms with Crippen molar-refractivity contribution < 1.29 is 19.0 Å². The van der Waals surface area contributed by atoms with Crippen LogP contribution in [-0.4, -0.2) is 37.2 Å². The van der Waals surface area contributed by atoms with E-state index < -0.39 is 0 Å². The molecule has 0 bridgehead atoms. The van der Waals surface area contributed by atoms with Gasteiger partial charge in [0.15, 0.2) is 17.3 Å². The summed E-state index contributed by atoms with van der Waals surface area (Å²) >= 11 is 1.50. The smallest absolute Gasteiger partial charge is 0.255 e. The largest absolute Gasteiger partial charge is 0.493 e. The maximum atomic E-state index is 12.2. The zero-order valence-corrected chi connectivity index (χ0v) is 19.1. The topological polar surface area (TPSA) is 94.6 Å². The second-order valence-electron chi connectivity index (χ2n) is 6.80. The maximum Gasteiger partial charge on any atom is 0.255 e. The Balaban J connectivity index is 1.57. The zero-order valence-electron chi connectivity index (χ0n) is 18.3. The first-order valence-corrected chi connectivity index (χ1v) is 10.8. The lowest BCUT2D eigenvalue weighted by Crippen LogP contribution is -2.16. The SMILES string of the molecule is COc1cc(Nc2ncnc3c(C=CNC(=O)c4ccccc4)csc23)cc(OC)c1OC. The minimum Gasteiger partial charge on any atom is -0.493 e. The maximum absolute atomic E-state index is 12.2. The summed E-state index contributed by atoms with van der Waals surface area (Å²) in [4.78, 5) is 21.0. The second-order valence-corrected chi connectivity index (χ2v) is 7.68. The Morgan fingerprint density at radius 2 is 1.73 bits per heavy atom. The van der Waals surface area contributed by atoms with Crippen molar-refractivity contribution in [3.05, 3.63) is 71.5 Å². The summed E-state index contributed by atoms with van der Waals surface area (Å²) < 4.78 is 17.1. The van der Waals surface area contributed by atoms with Crippen molar-refractivity contribution in [2.75, 3.05) is 26.6 Å². The van der Waals surface area contributed by atoms with Crippen LogP contribution in [0.3, 0.4) is 0 Å². The van der Waals surface area contributed by atoms with Gasteiger partial charge in [0.05, 0.1) is 31.5 Å². The number of hydrogen-bond acceptors (Lipinski definition) is 8. The fraction of sp³-hybridized carbons (Fsp3) is 0.125. The number of fused-ring (bicyclic) bond motifs is 1. The highest BCUT2D eigenvalue weighted by molar-refractivity contribution is 7.18. The minimum atomic E-state index is -0.175. The fourth-order valence-electron chi connectivity index (χ4n) is 3.25. The number of thiophene rings is 1. The summed E-state index contributed by atoms with van der Waals surface area (Å²) in [5, 5.41) is 8.05. The third-order valence-corrected chi connectivity index (χ3v) is 5.82. The Kier molecular flexibility index (Phi) is 6.70. The Hall–Kier alpha value is -4.11. The molecule has 0 fully saturated rings. The van der Waals surface area contributed by atoms with Crippen LogP contribution in [0.1, 0.15) is 15.9 Å². The molecule has 0 aliphatic carbocycles. The van der Waals surface area contributed by atoms with Gasteiger partial charge in [-0.05, 0) is 18.2 Å². The van der Waals surface area contributed by atoms with Crippen molar-refractivity contribution >= 4 is 45.0 Å². The molecule has 2 aromatic carbocycles. The molecule has 1 amide bonds. The number of carbonyl (C=O) groups is 1. The van der Waals surface area contributed by atoms with E-state index in [1.54, 1.807) is 39.7 Å². The molecule has 0 unspecified atom stereocenters. The number of rotatable bonds is 8. The van der Waals surface area contributed by atoms with E-state index in [2.05, 4.69) is 20.6 Å². The second kappa shape index (κ2) is 10.0. The van der Waals surface area contributed by atoms with Gasteiger partial charge in [0.1, 0.15) is 6.33 Å². The average molecular weight is 463 g/mol. The van der Waals surface area contributed by atoms with Crippen LogP contribution in [0, 0.1) is 0 Å². The van der Waals surface area contributed by atoms with Gasteiger partial charge in [0.2, 0.25) is 5.75 Å². The van der Waals surface area contributed by atoms with Gasteiger partial charge in [-0.2, -0.15) is 0 Å². The molecule has 0 saturated carbocycles. The van der Waals surface area contributed by atoms with Gasteiger partial charge in [-0.15, -0.1) is 11.3 Å². The number of nitrogens with one attached hydrogen (secondary N) is 2. The van der Waals surface area contributed by atoms with Crippen molar-refractivity contribution in [1.82, 2.24) is 15.3 Å². The lowest BCUT2D eigenvalue weighted by molar-refractivity contribution is 0.0970. The standard InChI is InChI=1S/C24H22N4O4S/c1-30-18-11-17(12-19(31-2)21(18)32-3)28-23-22-20(26-14-27-23)16(13-33-22)9-10-25-24(29)15-7-5-4-6-8-15/h4-14H,1-3H3,(H,25,29)(H,26,27,28). The van der Waals surface area contributed by atoms with Crippen LogP contribution in [0.15, 0.2) is 60.4 Å². The summed E-state index contributed by atoms with van der Waals surface area (Å²) in [6.45, 7) is 0. The van der Waals surface area contributed by atoms with Crippen LogP contribution in [0.5, 0.6) is 17.2 Å². The molecule has 33 heavy (non-hydrogen) atoms. The van der Waals surface area contributed by atoms with E-state index in [0.29, 0.717) is 28.6 Å². The third-order valence-electron chi connectivity index (χ3n) is 4.82. The average Bonchev–Trinajstić information content (AvgIpc) is 3.27. The lowest BCUT2D eigenvalue weighted by atomic mass is 10.2. The summed E-state index contributed by atoms with van der Waals surface area (Å²) in [6.07, 6.45) is 4.93. The number of hydrogen-bond donors (Lipinski definition) is 2. The molecule has 4 rings (SSSR count). The Morgan fingerprint density at radius 1 is 1.00 bits per heavy atom. The molecule has 168 valence electrons. The molecule has 0 spiro atoms. The minimum absolute atomic E-state index is 0.175. The quantitative estimate of drug-likeness (QED) is 0.386. The monoisotopic (exact) mass is 462 g/mol. The molecule has 0 aliphatic rings. The van der Waals surface area contributed by atoms with Crippen LogP contribution < -0.4 is 24.8 Å². The number of benzene rings is 2. The Labute approximate surface area is 194 Å². The van der Waals surface area contributed by atoms with Crippen molar-refractivity contribution in [2.45, 2.75) is 0 Å². The molecule has 0 atom stereocenters. The van der Waals surface area contributed by atoms with Crippen LogP contribution in [0.4, 0.5) is 11.5 Å². The number of anilines is 2. The van der Waals surface area contributed by atoms with Gasteiger partial charge in [-0.25, -0.2) is 9.97 Å². The molecule has 2 heterocycles. The first-order chi connectivity index (χ1) is 16.1. The normalized spacial score (nSPS) is 10.9. The fourth-order valence-corrected chi connectivity index (χ4v) is 4.18. The third kappa shape index (κ3) is 4.73. The predicted octanol–water partition coefficient (Wildman–Crippen LogP) is 4.86. The van der Waals surface area contributed by atoms with Crippen molar-refractivity contribution in [3.8, 4) is 17.2 Å². The molecule has 0 saturated heterocycles. The first-order valence-electron chi connectivity index (χ1n) is 9.96. The number of amides is 1. The van der Waals surface area contributed by atoms with Crippen LogP contribution in [0.25, 0.3) is 16.3 Å². The first kappa shape index (κ1) is 22.1. The highest BCUT2D eigenvalue weighted by Gasteiger charge is 2.15. The van der Waals surface area contributed by atoms with Crippen molar-refractivity contribution in [1.29, 1.82) is 0 Å². The summed E-state index contributed by atoms with van der Waals surface area (Å²) in [5.74, 6) is 2.06. The van der Waals surface area contributed by atoms with E-state index in [9.17, 15) is 4.79 Å². The lowest BCUT2D eigenvalue weighted by Gasteiger charge is -2.15. The molecular formula is C24H22N4O4S. The molecule has 0 radical (unpaired) electrons. The van der Waals surface area contributed by atoms with E-state index in [1.165, 1.54) is 17.7 Å². The van der Waals surface area contributed by atoms with E-state index in [-0.39, 0.29) is 5.91 Å². The van der Waals surface area contributed by atoms with Crippen LogP contribution in [-0.2, 0) is 0 Å². The number of ether oxygens (including phenoxy) is 3. The number of methoxy groups -OCH3 is 3. The molecule has 4 aromatic rings. The van der Waals surface area contributed by atoms with Crippen LogP contribution >= 0.6 is 11.3 Å². The Morgan fingerprint density at radius 3 is 2.39 bits per heavy atom. The Bertz CT molecular complexity index is 1280. The number of nitrogens with zero attached hydrogens (tertiary/aromatic N) is 2. The van der Waals surface area contributed by atoms with Gasteiger partial charge >= 0.3 is 0 Å². The predicted molar refractivity (Wildman–Crippen MR) is 130 cm³/mol. The van der Waals surface area contributed by atoms with E-state index in [4.69, 9.17) is 14.2 Å². The van der Waals surface area contributed by atoms with E-state index in [1.807, 2.05) is 41.8 Å². The van der Waals surface area contributed by atoms with E-state index in [0.717, 1.165) is 21.5 Å². The summed E-state index contributed by atoms with van der Waals surface area (Å²) in [6, 6.07) is 12.7. The highest BCUT2D eigenvalue weighted by atomic mass is 32.1. The van der Waals surface area contributed by atoms with Gasteiger partial charge in [-0.1, -0.05) is 18.2 Å². The highest BCUT2D eigenvalue weighted by Crippen LogP contribution is 2.41. The molecule has 8 nitrogen and oxygen atoms in total. The molecule has 0 aliphatic heterocycles. The summed E-state index contributed by atoms with van der Waals surface area (Å²) in [7, 11) is 4.70. The number of carbonyl (C=O) groups excluding carboxylic acids is 1. The number of aromatic nitrogens is 2. The van der Waals surface area contributed by atoms with E-state index >= 15 is 0 Å². The molecular weight excluding hydrogens is 440 g/mol. The zero-order chi connectivity index (χ0) is 23.2. The van der Waals surface area contributed by atoms with Crippen molar-refractivity contribution in [2.24, 2.45) is 0 Å². The molecule has 9 heteroatoms.